The highest BCUT2D eigenvalue weighted by atomic mass is 32.2. The molecule has 7 nitrogen and oxygen atoms in total. The number of rotatable bonds is 4. The molecule has 14 heteroatoms. The van der Waals surface area contributed by atoms with Gasteiger partial charge in [-0.15, -0.1) is 0 Å². The number of nitrogens with one attached hydrogen (secondary N) is 1. The van der Waals surface area contributed by atoms with Crippen LogP contribution in [0.4, 0.5) is 32.2 Å². The summed E-state index contributed by atoms with van der Waals surface area (Å²) >= 11 is 0. The minimum Gasteiger partial charge on any atom is -0.338 e. The highest BCUT2D eigenvalue weighted by Gasteiger charge is 2.48. The lowest BCUT2D eigenvalue weighted by atomic mass is 9.98. The van der Waals surface area contributed by atoms with Gasteiger partial charge in [0.05, 0.1) is 6.54 Å². The van der Waals surface area contributed by atoms with Gasteiger partial charge in [-0.3, -0.25) is 14.2 Å². The maximum Gasteiger partial charge on any atom is 0.516 e. The highest BCUT2D eigenvalue weighted by molar-refractivity contribution is 7.93. The molecule has 1 saturated heterocycles. The zero-order chi connectivity index (χ0) is 20.8. The summed E-state index contributed by atoms with van der Waals surface area (Å²) in [7, 11) is -5.10. The van der Waals surface area contributed by atoms with Gasteiger partial charge >= 0.3 is 21.7 Å². The second-order valence-corrected chi connectivity index (χ2v) is 7.94. The summed E-state index contributed by atoms with van der Waals surface area (Å²) in [5.74, 6) is -1.45. The number of amides is 1. The fourth-order valence-corrected chi connectivity index (χ4v) is 3.27. The Hall–Kier alpha value is -1.99. The van der Waals surface area contributed by atoms with E-state index in [0.717, 1.165) is 16.7 Å². The van der Waals surface area contributed by atoms with Crippen LogP contribution >= 0.6 is 0 Å². The van der Waals surface area contributed by atoms with Crippen molar-refractivity contribution in [3.05, 3.63) is 11.3 Å². The number of likely N-dealkylation sites (tertiary alicyclic amines) is 1. The van der Waals surface area contributed by atoms with E-state index in [4.69, 9.17) is 0 Å². The molecule has 1 N–H and O–H groups in total. The fraction of sp³-hybridized carbons (Fsp3) is 0.692. The SMILES string of the molecule is CC1CCN(Cc2c(C(F)(F)F)nn(C)c2NS(=O)(=O)C(F)(F)F)C(=O)C1. The average Bonchev–Trinajstić information content (AvgIpc) is 2.77. The van der Waals surface area contributed by atoms with E-state index < -0.39 is 51.2 Å². The summed E-state index contributed by atoms with van der Waals surface area (Å²) in [6, 6.07) is 0. The van der Waals surface area contributed by atoms with Gasteiger partial charge in [-0.2, -0.15) is 39.9 Å². The Morgan fingerprint density at radius 1 is 1.22 bits per heavy atom. The van der Waals surface area contributed by atoms with Crippen molar-refractivity contribution in [2.45, 2.75) is 38.0 Å². The molecule has 1 unspecified atom stereocenters. The molecule has 0 radical (unpaired) electrons. The number of alkyl halides is 6. The van der Waals surface area contributed by atoms with Crippen LogP contribution in [0.3, 0.4) is 0 Å². The molecule has 2 heterocycles. The van der Waals surface area contributed by atoms with Gasteiger partial charge < -0.3 is 4.90 Å². The van der Waals surface area contributed by atoms with Crippen molar-refractivity contribution < 1.29 is 39.6 Å². The summed E-state index contributed by atoms with van der Waals surface area (Å²) in [6.45, 7) is 1.16. The molecule has 1 aliphatic heterocycles. The Bertz CT molecular complexity index is 830. The van der Waals surface area contributed by atoms with Crippen molar-refractivity contribution >= 4 is 21.7 Å². The summed E-state index contributed by atoms with van der Waals surface area (Å²) in [4.78, 5) is 13.1. The molecule has 1 atom stereocenters. The monoisotopic (exact) mass is 422 g/mol. The second kappa shape index (κ2) is 6.87. The van der Waals surface area contributed by atoms with E-state index in [9.17, 15) is 39.6 Å². The summed E-state index contributed by atoms with van der Waals surface area (Å²) in [6.07, 6.45) is -4.48. The number of aryl methyl sites for hydroxylation is 1. The maximum absolute atomic E-state index is 13.2. The molecular formula is C13H16F6N4O3S. The van der Waals surface area contributed by atoms with Crippen LogP contribution in [-0.4, -0.2) is 41.1 Å². The smallest absolute Gasteiger partial charge is 0.338 e. The first-order valence-electron chi connectivity index (χ1n) is 7.63. The highest BCUT2D eigenvalue weighted by Crippen LogP contribution is 2.37. The molecule has 1 aromatic rings. The lowest BCUT2D eigenvalue weighted by molar-refractivity contribution is -0.143. The lowest BCUT2D eigenvalue weighted by Gasteiger charge is -2.30. The number of piperidine rings is 1. The molecule has 27 heavy (non-hydrogen) atoms. The van der Waals surface area contributed by atoms with E-state index in [-0.39, 0.29) is 18.9 Å². The summed E-state index contributed by atoms with van der Waals surface area (Å²) in [5.41, 5.74) is -8.14. The molecule has 0 bridgehead atoms. The molecule has 1 fully saturated rings. The first-order chi connectivity index (χ1) is 12.1. The van der Waals surface area contributed by atoms with E-state index in [1.54, 1.807) is 6.92 Å². The number of halogens is 6. The van der Waals surface area contributed by atoms with Crippen molar-refractivity contribution in [3.8, 4) is 0 Å². The number of hydrogen-bond donors (Lipinski definition) is 1. The predicted octanol–water partition coefficient (Wildman–Crippen LogP) is 2.46. The second-order valence-electron chi connectivity index (χ2n) is 6.26. The minimum atomic E-state index is -5.97. The zero-order valence-electron chi connectivity index (χ0n) is 14.1. The van der Waals surface area contributed by atoms with Crippen LogP contribution in [0.1, 0.15) is 31.0 Å². The van der Waals surface area contributed by atoms with Crippen LogP contribution in [-0.2, 0) is 34.6 Å². The van der Waals surface area contributed by atoms with Gasteiger partial charge in [-0.05, 0) is 12.3 Å². The number of carbonyl (C=O) groups is 1. The first kappa shape index (κ1) is 21.3. The molecule has 1 aromatic heterocycles. The molecule has 2 rings (SSSR count). The van der Waals surface area contributed by atoms with Crippen LogP contribution in [0.5, 0.6) is 0 Å². The predicted molar refractivity (Wildman–Crippen MR) is 80.6 cm³/mol. The van der Waals surface area contributed by atoms with Crippen molar-refractivity contribution in [1.29, 1.82) is 0 Å². The Morgan fingerprint density at radius 3 is 2.30 bits per heavy atom. The van der Waals surface area contributed by atoms with Gasteiger partial charge in [-0.1, -0.05) is 6.92 Å². The average molecular weight is 422 g/mol. The van der Waals surface area contributed by atoms with Crippen molar-refractivity contribution in [2.24, 2.45) is 13.0 Å². The van der Waals surface area contributed by atoms with Crippen molar-refractivity contribution in [1.82, 2.24) is 14.7 Å². The van der Waals surface area contributed by atoms with Gasteiger partial charge in [0, 0.05) is 25.6 Å². The maximum atomic E-state index is 13.2. The van der Waals surface area contributed by atoms with Crippen LogP contribution < -0.4 is 4.72 Å². The standard InChI is InChI=1S/C13H16F6N4O3S/c1-7-3-4-23(9(24)5-7)6-8-10(12(14,15)16)20-22(2)11(8)21-27(25,26)13(17,18)19/h7,21H,3-6H2,1-2H3. The molecule has 1 amide bonds. The molecular weight excluding hydrogens is 406 g/mol. The van der Waals surface area contributed by atoms with Crippen LogP contribution in [0, 0.1) is 5.92 Å². The van der Waals surface area contributed by atoms with E-state index in [1.807, 2.05) is 0 Å². The Labute approximate surface area is 150 Å². The van der Waals surface area contributed by atoms with Gasteiger partial charge in [-0.25, -0.2) is 0 Å². The van der Waals surface area contributed by atoms with Gasteiger partial charge in [0.1, 0.15) is 5.82 Å². The summed E-state index contributed by atoms with van der Waals surface area (Å²) < 4.78 is 102. The number of sulfonamides is 1. The largest absolute Gasteiger partial charge is 0.516 e. The minimum absolute atomic E-state index is 0.0212. The third-order valence-electron chi connectivity index (χ3n) is 4.07. The van der Waals surface area contributed by atoms with E-state index in [2.05, 4.69) is 5.10 Å². The molecule has 0 aliphatic carbocycles. The van der Waals surface area contributed by atoms with Crippen LogP contribution in [0.25, 0.3) is 0 Å². The molecule has 0 aromatic carbocycles. The molecule has 0 saturated carbocycles. The quantitative estimate of drug-likeness (QED) is 0.756. The fourth-order valence-electron chi connectivity index (χ4n) is 2.65. The first-order valence-corrected chi connectivity index (χ1v) is 9.11. The van der Waals surface area contributed by atoms with Gasteiger partial charge in [0.15, 0.2) is 5.69 Å². The number of carbonyl (C=O) groups excluding carboxylic acids is 1. The van der Waals surface area contributed by atoms with Gasteiger partial charge in [0.2, 0.25) is 5.91 Å². The van der Waals surface area contributed by atoms with Gasteiger partial charge in [0.25, 0.3) is 0 Å². The van der Waals surface area contributed by atoms with Crippen molar-refractivity contribution in [3.63, 3.8) is 0 Å². The third-order valence-corrected chi connectivity index (χ3v) is 5.14. The third kappa shape index (κ3) is 4.47. The van der Waals surface area contributed by atoms with E-state index >= 15 is 0 Å². The Morgan fingerprint density at radius 2 is 1.81 bits per heavy atom. The lowest BCUT2D eigenvalue weighted by Crippen LogP contribution is -2.38. The van der Waals surface area contributed by atoms with Crippen molar-refractivity contribution in [2.75, 3.05) is 11.3 Å². The topological polar surface area (TPSA) is 84.3 Å². The molecule has 0 spiro atoms. The van der Waals surface area contributed by atoms with Crippen LogP contribution in [0.15, 0.2) is 0 Å². The molecule has 154 valence electrons. The number of anilines is 1. The van der Waals surface area contributed by atoms with E-state index in [1.165, 1.54) is 0 Å². The number of aromatic nitrogens is 2. The number of nitrogens with zero attached hydrogens (tertiary/aromatic N) is 3. The Balaban J connectivity index is 2.48. The normalized spacial score (nSPS) is 19.5. The molecule has 1 aliphatic rings. The number of hydrogen-bond acceptors (Lipinski definition) is 4. The van der Waals surface area contributed by atoms with Crippen LogP contribution in [0.2, 0.25) is 0 Å². The zero-order valence-corrected chi connectivity index (χ0v) is 15.0. The summed E-state index contributed by atoms with van der Waals surface area (Å²) in [5, 5.41) is 3.11. The van der Waals surface area contributed by atoms with E-state index in [0.29, 0.717) is 11.1 Å². The Kier molecular flexibility index (Phi) is 5.42.